The monoisotopic (exact) mass is 364 g/mol. The van der Waals surface area contributed by atoms with Crippen molar-refractivity contribution in [2.75, 3.05) is 5.75 Å². The molecule has 0 aliphatic heterocycles. The van der Waals surface area contributed by atoms with E-state index in [-0.39, 0.29) is 5.78 Å². The summed E-state index contributed by atoms with van der Waals surface area (Å²) < 4.78 is 0.921. The maximum absolute atomic E-state index is 12.7. The molecule has 0 spiro atoms. The van der Waals surface area contributed by atoms with Crippen molar-refractivity contribution in [3.63, 3.8) is 0 Å². The van der Waals surface area contributed by atoms with E-state index in [1.54, 1.807) is 11.3 Å². The molecule has 0 bridgehead atoms. The van der Waals surface area contributed by atoms with Gasteiger partial charge in [-0.2, -0.15) is 0 Å². The molecule has 0 amide bonds. The third kappa shape index (κ3) is 3.25. The van der Waals surface area contributed by atoms with Gasteiger partial charge in [0.25, 0.3) is 0 Å². The number of nitrogens with zero attached hydrogens (tertiary/aromatic N) is 1. The van der Waals surface area contributed by atoms with Crippen molar-refractivity contribution in [3.05, 3.63) is 71.2 Å². The Hall–Kier alpha value is -2.37. The van der Waals surface area contributed by atoms with Crippen molar-refractivity contribution >= 4 is 39.8 Å². The van der Waals surface area contributed by atoms with Crippen LogP contribution < -0.4 is 0 Å². The van der Waals surface area contributed by atoms with Gasteiger partial charge in [-0.05, 0) is 13.0 Å². The van der Waals surface area contributed by atoms with E-state index >= 15 is 0 Å². The SMILES string of the molecule is Cc1[nH]c2ccccc2c1C(=O)CSc1nc(-c2ccccc2)cs1. The first-order valence-electron chi connectivity index (χ1n) is 7.96. The van der Waals surface area contributed by atoms with E-state index in [1.807, 2.05) is 66.9 Å². The van der Waals surface area contributed by atoms with E-state index in [0.717, 1.165) is 37.8 Å². The molecule has 4 rings (SSSR count). The molecule has 0 aliphatic carbocycles. The predicted octanol–water partition coefficient (Wildman–Crippen LogP) is 5.57. The fourth-order valence-electron chi connectivity index (χ4n) is 2.90. The Balaban J connectivity index is 1.51. The molecular formula is C20H16N2OS2. The Morgan fingerprint density at radius 1 is 1.12 bits per heavy atom. The van der Waals surface area contributed by atoms with E-state index in [1.165, 1.54) is 11.8 Å². The number of hydrogen-bond acceptors (Lipinski definition) is 4. The summed E-state index contributed by atoms with van der Waals surface area (Å²) in [5, 5.41) is 3.04. The van der Waals surface area contributed by atoms with Crippen molar-refractivity contribution in [2.45, 2.75) is 11.3 Å². The van der Waals surface area contributed by atoms with Crippen LogP contribution in [0.25, 0.3) is 22.2 Å². The van der Waals surface area contributed by atoms with Gasteiger partial charge in [0.15, 0.2) is 10.1 Å². The fraction of sp³-hybridized carbons (Fsp3) is 0.100. The van der Waals surface area contributed by atoms with Crippen LogP contribution in [0.5, 0.6) is 0 Å². The molecule has 0 atom stereocenters. The number of aromatic nitrogens is 2. The second kappa shape index (κ2) is 6.86. The smallest absolute Gasteiger partial charge is 0.175 e. The second-order valence-corrected chi connectivity index (χ2v) is 7.83. The lowest BCUT2D eigenvalue weighted by Crippen LogP contribution is -2.03. The quantitative estimate of drug-likeness (QED) is 0.372. The molecule has 1 N–H and O–H groups in total. The summed E-state index contributed by atoms with van der Waals surface area (Å²) in [6.45, 7) is 1.95. The number of Topliss-reactive ketones (excluding diaryl/α,β-unsaturated/α-hetero) is 1. The number of para-hydroxylation sites is 1. The molecule has 2 aromatic carbocycles. The van der Waals surface area contributed by atoms with Gasteiger partial charge in [-0.15, -0.1) is 11.3 Å². The standard InChI is InChI=1S/C20H16N2OS2/c1-13-19(15-9-5-6-10-16(15)21-13)18(23)12-25-20-22-17(11-24-20)14-7-3-2-4-8-14/h2-11,21H,12H2,1H3. The van der Waals surface area contributed by atoms with Gasteiger partial charge in [-0.3, -0.25) is 4.79 Å². The minimum atomic E-state index is 0.136. The van der Waals surface area contributed by atoms with Crippen LogP contribution >= 0.6 is 23.1 Å². The number of fused-ring (bicyclic) bond motifs is 1. The van der Waals surface area contributed by atoms with Crippen molar-refractivity contribution < 1.29 is 4.79 Å². The van der Waals surface area contributed by atoms with Gasteiger partial charge in [-0.25, -0.2) is 4.98 Å². The molecule has 0 unspecified atom stereocenters. The van der Waals surface area contributed by atoms with Gasteiger partial charge >= 0.3 is 0 Å². The summed E-state index contributed by atoms with van der Waals surface area (Å²) in [5.74, 6) is 0.529. The molecule has 25 heavy (non-hydrogen) atoms. The first kappa shape index (κ1) is 16.1. The van der Waals surface area contributed by atoms with Gasteiger partial charge in [0, 0.05) is 33.1 Å². The topological polar surface area (TPSA) is 45.8 Å². The lowest BCUT2D eigenvalue weighted by atomic mass is 10.1. The third-order valence-electron chi connectivity index (χ3n) is 4.05. The number of nitrogens with one attached hydrogen (secondary N) is 1. The summed E-state index contributed by atoms with van der Waals surface area (Å²) in [5.41, 5.74) is 4.79. The first-order chi connectivity index (χ1) is 12.2. The van der Waals surface area contributed by atoms with E-state index in [0.29, 0.717) is 5.75 Å². The van der Waals surface area contributed by atoms with E-state index in [9.17, 15) is 4.79 Å². The van der Waals surface area contributed by atoms with Gasteiger partial charge in [0.1, 0.15) is 0 Å². The molecule has 2 aromatic heterocycles. The Morgan fingerprint density at radius 2 is 1.88 bits per heavy atom. The minimum absolute atomic E-state index is 0.136. The van der Waals surface area contributed by atoms with Crippen LogP contribution in [0.3, 0.4) is 0 Å². The minimum Gasteiger partial charge on any atom is -0.358 e. The van der Waals surface area contributed by atoms with Gasteiger partial charge in [0.05, 0.1) is 11.4 Å². The number of hydrogen-bond donors (Lipinski definition) is 1. The number of aryl methyl sites for hydroxylation is 1. The number of rotatable bonds is 5. The fourth-order valence-corrected chi connectivity index (χ4v) is 4.61. The summed E-state index contributed by atoms with van der Waals surface area (Å²) >= 11 is 3.09. The molecule has 2 heterocycles. The molecule has 3 nitrogen and oxygen atoms in total. The number of thiazole rings is 1. The largest absolute Gasteiger partial charge is 0.358 e. The highest BCUT2D eigenvalue weighted by atomic mass is 32.2. The number of aromatic amines is 1. The molecule has 4 aromatic rings. The molecule has 0 radical (unpaired) electrons. The van der Waals surface area contributed by atoms with Gasteiger partial charge in [0.2, 0.25) is 0 Å². The number of benzene rings is 2. The number of ketones is 1. The van der Waals surface area contributed by atoms with E-state index in [2.05, 4.69) is 9.97 Å². The van der Waals surface area contributed by atoms with Crippen LogP contribution in [0.1, 0.15) is 16.1 Å². The average Bonchev–Trinajstić information content (AvgIpc) is 3.24. The summed E-state index contributed by atoms with van der Waals surface area (Å²) in [6, 6.07) is 18.0. The molecule has 0 fully saturated rings. The van der Waals surface area contributed by atoms with Crippen LogP contribution in [-0.4, -0.2) is 21.5 Å². The zero-order chi connectivity index (χ0) is 17.2. The molecule has 0 aliphatic rings. The molecule has 0 saturated carbocycles. The van der Waals surface area contributed by atoms with Crippen molar-refractivity contribution in [3.8, 4) is 11.3 Å². The normalized spacial score (nSPS) is 11.1. The lowest BCUT2D eigenvalue weighted by molar-refractivity contribution is 0.102. The lowest BCUT2D eigenvalue weighted by Gasteiger charge is -2.00. The van der Waals surface area contributed by atoms with Gasteiger partial charge < -0.3 is 4.98 Å². The Labute approximate surface area is 154 Å². The van der Waals surface area contributed by atoms with Crippen LogP contribution in [0.15, 0.2) is 64.3 Å². The Bertz CT molecular complexity index is 1030. The van der Waals surface area contributed by atoms with Crippen LogP contribution in [-0.2, 0) is 0 Å². The van der Waals surface area contributed by atoms with Gasteiger partial charge in [-0.1, -0.05) is 60.3 Å². The maximum Gasteiger partial charge on any atom is 0.175 e. The van der Waals surface area contributed by atoms with E-state index in [4.69, 9.17) is 0 Å². The zero-order valence-corrected chi connectivity index (χ0v) is 15.3. The third-order valence-corrected chi connectivity index (χ3v) is 6.07. The number of H-pyrrole nitrogens is 1. The highest BCUT2D eigenvalue weighted by Gasteiger charge is 2.16. The van der Waals surface area contributed by atoms with E-state index < -0.39 is 0 Å². The summed E-state index contributed by atoms with van der Waals surface area (Å²) in [7, 11) is 0. The summed E-state index contributed by atoms with van der Waals surface area (Å²) in [4.78, 5) is 20.7. The van der Waals surface area contributed by atoms with Crippen LogP contribution in [0, 0.1) is 6.92 Å². The zero-order valence-electron chi connectivity index (χ0n) is 13.7. The first-order valence-corrected chi connectivity index (χ1v) is 9.83. The number of carbonyl (C=O) groups excluding carboxylic acids is 1. The number of thioether (sulfide) groups is 1. The highest BCUT2D eigenvalue weighted by molar-refractivity contribution is 8.01. The molecule has 0 saturated heterocycles. The Morgan fingerprint density at radius 3 is 2.72 bits per heavy atom. The van der Waals surface area contributed by atoms with Crippen molar-refractivity contribution in [1.29, 1.82) is 0 Å². The average molecular weight is 364 g/mol. The Kier molecular flexibility index (Phi) is 4.42. The second-order valence-electron chi connectivity index (χ2n) is 5.75. The predicted molar refractivity (Wildman–Crippen MR) is 106 cm³/mol. The summed E-state index contributed by atoms with van der Waals surface area (Å²) in [6.07, 6.45) is 0. The van der Waals surface area contributed by atoms with Crippen molar-refractivity contribution in [1.82, 2.24) is 9.97 Å². The van der Waals surface area contributed by atoms with Crippen LogP contribution in [0.4, 0.5) is 0 Å². The number of carbonyl (C=O) groups is 1. The highest BCUT2D eigenvalue weighted by Crippen LogP contribution is 2.30. The molecule has 5 heteroatoms. The maximum atomic E-state index is 12.7. The molecular weight excluding hydrogens is 348 g/mol. The van der Waals surface area contributed by atoms with Crippen LogP contribution in [0.2, 0.25) is 0 Å². The molecule has 124 valence electrons. The van der Waals surface area contributed by atoms with Crippen molar-refractivity contribution in [2.24, 2.45) is 0 Å².